The summed E-state index contributed by atoms with van der Waals surface area (Å²) in [5.74, 6) is 0. The fourth-order valence-electron chi connectivity index (χ4n) is 2.23. The van der Waals surface area contributed by atoms with E-state index in [1.54, 1.807) is 11.3 Å². The molecule has 0 aliphatic rings. The second-order valence-corrected chi connectivity index (χ2v) is 6.47. The first-order valence-electron chi connectivity index (χ1n) is 6.15. The third-order valence-corrected chi connectivity index (χ3v) is 4.76. The summed E-state index contributed by atoms with van der Waals surface area (Å²) in [6.45, 7) is 2.11. The number of benzene rings is 1. The molecule has 0 aliphatic heterocycles. The molecule has 0 fully saturated rings. The lowest BCUT2D eigenvalue weighted by Crippen LogP contribution is -2.28. The third kappa shape index (κ3) is 3.22. The summed E-state index contributed by atoms with van der Waals surface area (Å²) in [7, 11) is 0. The van der Waals surface area contributed by atoms with Crippen LogP contribution in [0.3, 0.4) is 0 Å². The van der Waals surface area contributed by atoms with Crippen LogP contribution in [0.2, 0.25) is 0 Å². The fraction of sp³-hybridized carbons (Fsp3) is 0.333. The summed E-state index contributed by atoms with van der Waals surface area (Å²) < 4.78 is 1.09. The Morgan fingerprint density at radius 2 is 2.00 bits per heavy atom. The first kappa shape index (κ1) is 13.8. The van der Waals surface area contributed by atoms with Crippen molar-refractivity contribution in [3.63, 3.8) is 0 Å². The van der Waals surface area contributed by atoms with Gasteiger partial charge in [0.05, 0.1) is 5.60 Å². The molecule has 0 radical (unpaired) electrons. The van der Waals surface area contributed by atoms with Crippen molar-refractivity contribution in [3.8, 4) is 0 Å². The third-order valence-electron chi connectivity index (χ3n) is 3.06. The number of rotatable bonds is 5. The van der Waals surface area contributed by atoms with Crippen LogP contribution in [0.4, 0.5) is 0 Å². The zero-order valence-electron chi connectivity index (χ0n) is 10.4. The molecule has 0 amide bonds. The van der Waals surface area contributed by atoms with Gasteiger partial charge in [0, 0.05) is 21.2 Å². The van der Waals surface area contributed by atoms with Crippen LogP contribution in [0.1, 0.15) is 30.2 Å². The van der Waals surface area contributed by atoms with E-state index in [1.165, 1.54) is 4.88 Å². The number of hydrogen-bond acceptors (Lipinski definition) is 2. The van der Waals surface area contributed by atoms with Gasteiger partial charge < -0.3 is 5.11 Å². The minimum absolute atomic E-state index is 0.682. The maximum absolute atomic E-state index is 10.9. The van der Waals surface area contributed by atoms with Crippen molar-refractivity contribution in [3.05, 3.63) is 56.7 Å². The summed E-state index contributed by atoms with van der Waals surface area (Å²) in [4.78, 5) is 1.21. The highest BCUT2D eigenvalue weighted by atomic mass is 79.9. The lowest BCUT2D eigenvalue weighted by atomic mass is 9.86. The second-order valence-electron chi connectivity index (χ2n) is 4.56. The molecule has 1 aromatic carbocycles. The van der Waals surface area contributed by atoms with Gasteiger partial charge in [-0.2, -0.15) is 0 Å². The van der Waals surface area contributed by atoms with E-state index in [2.05, 4.69) is 34.3 Å². The molecule has 1 unspecified atom stereocenters. The van der Waals surface area contributed by atoms with Crippen molar-refractivity contribution >= 4 is 27.3 Å². The Balaban J connectivity index is 2.26. The number of thiophene rings is 1. The summed E-state index contributed by atoms with van der Waals surface area (Å²) in [6.07, 6.45) is 2.44. The Morgan fingerprint density at radius 3 is 2.56 bits per heavy atom. The predicted octanol–water partition coefficient (Wildman–Crippen LogP) is 4.74. The summed E-state index contributed by atoms with van der Waals surface area (Å²) >= 11 is 5.15. The van der Waals surface area contributed by atoms with Crippen molar-refractivity contribution in [2.45, 2.75) is 31.8 Å². The predicted molar refractivity (Wildman–Crippen MR) is 81.0 cm³/mol. The molecule has 2 aromatic rings. The van der Waals surface area contributed by atoms with Gasteiger partial charge >= 0.3 is 0 Å². The molecule has 96 valence electrons. The first-order chi connectivity index (χ1) is 8.64. The van der Waals surface area contributed by atoms with Crippen molar-refractivity contribution in [1.82, 2.24) is 0 Å². The molecule has 1 N–H and O–H groups in total. The van der Waals surface area contributed by atoms with Crippen LogP contribution in [-0.2, 0) is 12.0 Å². The normalized spacial score (nSPS) is 14.4. The van der Waals surface area contributed by atoms with Crippen molar-refractivity contribution in [2.24, 2.45) is 0 Å². The van der Waals surface area contributed by atoms with E-state index >= 15 is 0 Å². The smallest absolute Gasteiger partial charge is 0.0944 e. The van der Waals surface area contributed by atoms with Gasteiger partial charge in [0.15, 0.2) is 0 Å². The van der Waals surface area contributed by atoms with Gasteiger partial charge in [0.25, 0.3) is 0 Å². The van der Waals surface area contributed by atoms with Crippen LogP contribution in [0.5, 0.6) is 0 Å². The molecular formula is C15H17BrOS. The lowest BCUT2D eigenvalue weighted by molar-refractivity contribution is 0.0277. The average molecular weight is 325 g/mol. The summed E-state index contributed by atoms with van der Waals surface area (Å²) in [6, 6.07) is 12.1. The standard InChI is InChI=1S/C15H17BrOS/c1-2-8-15(17,12-6-4-3-5-7-12)10-14-9-13(16)11-18-14/h3-7,9,11,17H,2,8,10H2,1H3. The van der Waals surface area contributed by atoms with Crippen LogP contribution in [0.25, 0.3) is 0 Å². The summed E-state index contributed by atoms with van der Waals surface area (Å²) in [5, 5.41) is 13.0. The Bertz CT molecular complexity index is 494. The van der Waals surface area contributed by atoms with Crippen molar-refractivity contribution in [2.75, 3.05) is 0 Å². The Labute approximate surface area is 121 Å². The minimum Gasteiger partial charge on any atom is -0.385 e. The van der Waals surface area contributed by atoms with E-state index < -0.39 is 5.60 Å². The number of hydrogen-bond donors (Lipinski definition) is 1. The molecule has 2 rings (SSSR count). The van der Waals surface area contributed by atoms with Crippen LogP contribution in [0, 0.1) is 0 Å². The average Bonchev–Trinajstić information content (AvgIpc) is 2.76. The SMILES string of the molecule is CCCC(O)(Cc1cc(Br)cs1)c1ccccc1. The van der Waals surface area contributed by atoms with Gasteiger partial charge in [-0.3, -0.25) is 0 Å². The number of halogens is 1. The summed E-state index contributed by atoms with van der Waals surface area (Å²) in [5.41, 5.74) is 0.261. The molecule has 1 heterocycles. The van der Waals surface area contributed by atoms with Gasteiger partial charge in [-0.15, -0.1) is 11.3 Å². The highest BCUT2D eigenvalue weighted by Crippen LogP contribution is 2.33. The quantitative estimate of drug-likeness (QED) is 0.842. The monoisotopic (exact) mass is 324 g/mol. The van der Waals surface area contributed by atoms with Crippen LogP contribution < -0.4 is 0 Å². The Morgan fingerprint density at radius 1 is 1.28 bits per heavy atom. The van der Waals surface area contributed by atoms with Crippen molar-refractivity contribution < 1.29 is 5.11 Å². The van der Waals surface area contributed by atoms with Gasteiger partial charge in [-0.1, -0.05) is 43.7 Å². The molecule has 0 spiro atoms. The van der Waals surface area contributed by atoms with Crippen LogP contribution in [-0.4, -0.2) is 5.11 Å². The first-order valence-corrected chi connectivity index (χ1v) is 7.82. The zero-order valence-corrected chi connectivity index (χ0v) is 12.8. The molecule has 18 heavy (non-hydrogen) atoms. The molecule has 0 saturated heterocycles. The van der Waals surface area contributed by atoms with E-state index in [-0.39, 0.29) is 0 Å². The molecule has 1 aromatic heterocycles. The van der Waals surface area contributed by atoms with Crippen molar-refractivity contribution in [1.29, 1.82) is 0 Å². The van der Waals surface area contributed by atoms with E-state index in [0.29, 0.717) is 6.42 Å². The fourth-order valence-corrected chi connectivity index (χ4v) is 3.79. The second kappa shape index (κ2) is 6.00. The maximum Gasteiger partial charge on any atom is 0.0944 e. The number of aliphatic hydroxyl groups is 1. The largest absolute Gasteiger partial charge is 0.385 e. The highest BCUT2D eigenvalue weighted by molar-refractivity contribution is 9.10. The molecule has 3 heteroatoms. The molecule has 0 bridgehead atoms. The molecular weight excluding hydrogens is 308 g/mol. The Kier molecular flexibility index (Phi) is 4.60. The zero-order chi connectivity index (χ0) is 13.0. The maximum atomic E-state index is 10.9. The van der Waals surface area contributed by atoms with E-state index in [4.69, 9.17) is 0 Å². The van der Waals surface area contributed by atoms with Crippen LogP contribution in [0.15, 0.2) is 46.3 Å². The van der Waals surface area contributed by atoms with E-state index in [1.807, 2.05) is 30.3 Å². The van der Waals surface area contributed by atoms with Gasteiger partial charge in [0.2, 0.25) is 0 Å². The molecule has 0 saturated carbocycles. The van der Waals surface area contributed by atoms with Crippen LogP contribution >= 0.6 is 27.3 Å². The molecule has 0 aliphatic carbocycles. The van der Waals surface area contributed by atoms with Gasteiger partial charge in [0.1, 0.15) is 0 Å². The molecule has 1 nitrogen and oxygen atoms in total. The van der Waals surface area contributed by atoms with Gasteiger partial charge in [-0.25, -0.2) is 0 Å². The minimum atomic E-state index is -0.750. The highest BCUT2D eigenvalue weighted by Gasteiger charge is 2.28. The lowest BCUT2D eigenvalue weighted by Gasteiger charge is -2.28. The van der Waals surface area contributed by atoms with E-state index in [0.717, 1.165) is 22.9 Å². The Hall–Kier alpha value is -0.640. The van der Waals surface area contributed by atoms with Gasteiger partial charge in [-0.05, 0) is 34.0 Å². The topological polar surface area (TPSA) is 20.2 Å². The van der Waals surface area contributed by atoms with E-state index in [9.17, 15) is 5.11 Å². The molecule has 1 atom stereocenters.